The number of carbonyl (C=O) groups excluding carboxylic acids is 1. The lowest BCUT2D eigenvalue weighted by atomic mass is 9.96. The number of carbonyl (C=O) groups is 1. The van der Waals surface area contributed by atoms with Crippen LogP contribution >= 0.6 is 0 Å². The van der Waals surface area contributed by atoms with Gasteiger partial charge in [0.25, 0.3) is 5.91 Å². The first-order valence-corrected chi connectivity index (χ1v) is 11.2. The molecule has 5 rings (SSSR count). The Morgan fingerprint density at radius 3 is 2.56 bits per heavy atom. The van der Waals surface area contributed by atoms with Crippen LogP contribution in [0.15, 0.2) is 42.6 Å². The van der Waals surface area contributed by atoms with Gasteiger partial charge in [0.2, 0.25) is 0 Å². The highest BCUT2D eigenvalue weighted by Gasteiger charge is 2.51. The fraction of sp³-hybridized carbons (Fsp3) is 0.417. The summed E-state index contributed by atoms with van der Waals surface area (Å²) < 4.78 is 36.7. The Kier molecular flexibility index (Phi) is 5.76. The fourth-order valence-corrected chi connectivity index (χ4v) is 4.88. The van der Waals surface area contributed by atoms with Gasteiger partial charge in [-0.05, 0) is 38.1 Å². The van der Waals surface area contributed by atoms with E-state index < -0.39 is 18.4 Å². The Labute approximate surface area is 195 Å². The number of ether oxygens (including phenoxy) is 2. The average molecular weight is 469 g/mol. The summed E-state index contributed by atoms with van der Waals surface area (Å²) in [6.07, 6.45) is 2.83. The predicted molar refractivity (Wildman–Crippen MR) is 121 cm³/mol. The van der Waals surface area contributed by atoms with Crippen molar-refractivity contribution < 1.29 is 23.0 Å². The Morgan fingerprint density at radius 2 is 1.82 bits per heavy atom. The molecule has 8 nitrogen and oxygen atoms in total. The summed E-state index contributed by atoms with van der Waals surface area (Å²) in [7, 11) is 0. The smallest absolute Gasteiger partial charge is 0.387 e. The largest absolute Gasteiger partial charge is 0.433 e. The number of nitrogens with zero attached hydrogens (tertiary/aromatic N) is 5. The molecule has 3 aromatic rings. The van der Waals surface area contributed by atoms with Crippen molar-refractivity contribution in [3.05, 3.63) is 54.0 Å². The van der Waals surface area contributed by atoms with Crippen molar-refractivity contribution in [2.45, 2.75) is 45.1 Å². The number of aryl methyl sites for hydroxylation is 1. The maximum absolute atomic E-state index is 13.0. The van der Waals surface area contributed by atoms with Gasteiger partial charge in [-0.1, -0.05) is 12.1 Å². The standard InChI is InChI=1S/C24H25F2N5O3/c1-15-7-8-19(34-23(25)26)22(28-15)16(2)31-21(32)14-33-24(31)9-11-30(12-10-24)20-13-27-17-5-3-4-6-18(17)29-20/h3-8,13,16,23H,9-12,14H2,1-2H3. The predicted octanol–water partition coefficient (Wildman–Crippen LogP) is 3.85. The number of hydrogen-bond acceptors (Lipinski definition) is 7. The summed E-state index contributed by atoms with van der Waals surface area (Å²) in [5.74, 6) is 0.537. The van der Waals surface area contributed by atoms with Crippen molar-refractivity contribution in [1.29, 1.82) is 0 Å². The van der Waals surface area contributed by atoms with Crippen molar-refractivity contribution in [2.24, 2.45) is 0 Å². The zero-order valence-electron chi connectivity index (χ0n) is 18.9. The molecule has 2 aromatic heterocycles. The van der Waals surface area contributed by atoms with Crippen LogP contribution in [-0.4, -0.2) is 57.8 Å². The SMILES string of the molecule is Cc1ccc(OC(F)F)c(C(C)N2C(=O)COC23CCN(c2cnc4ccccc4n2)CC3)n1. The van der Waals surface area contributed by atoms with Crippen LogP contribution in [0.2, 0.25) is 0 Å². The van der Waals surface area contributed by atoms with E-state index in [1.54, 1.807) is 31.0 Å². The molecule has 1 spiro atoms. The maximum atomic E-state index is 13.0. The van der Waals surface area contributed by atoms with E-state index in [1.165, 1.54) is 6.07 Å². The number of anilines is 1. The van der Waals surface area contributed by atoms with E-state index in [-0.39, 0.29) is 18.3 Å². The zero-order chi connectivity index (χ0) is 23.9. The number of alkyl halides is 2. The van der Waals surface area contributed by atoms with Crippen LogP contribution < -0.4 is 9.64 Å². The highest BCUT2D eigenvalue weighted by molar-refractivity contribution is 5.80. The van der Waals surface area contributed by atoms with E-state index in [9.17, 15) is 13.6 Å². The van der Waals surface area contributed by atoms with Crippen molar-refractivity contribution in [3.8, 4) is 5.75 Å². The van der Waals surface area contributed by atoms with Crippen LogP contribution in [0.5, 0.6) is 5.75 Å². The van der Waals surface area contributed by atoms with Crippen molar-refractivity contribution >= 4 is 22.8 Å². The van der Waals surface area contributed by atoms with Gasteiger partial charge in [0.15, 0.2) is 0 Å². The summed E-state index contributed by atoms with van der Waals surface area (Å²) >= 11 is 0. The molecule has 2 fully saturated rings. The molecule has 10 heteroatoms. The lowest BCUT2D eigenvalue weighted by Gasteiger charge is -2.45. The second kappa shape index (κ2) is 8.75. The minimum absolute atomic E-state index is 0.0353. The van der Waals surface area contributed by atoms with E-state index in [2.05, 4.69) is 14.9 Å². The normalized spacial score (nSPS) is 18.8. The number of aromatic nitrogens is 3. The van der Waals surface area contributed by atoms with Crippen LogP contribution in [0, 0.1) is 6.92 Å². The number of fused-ring (bicyclic) bond motifs is 1. The van der Waals surface area contributed by atoms with Crippen molar-refractivity contribution in [1.82, 2.24) is 19.9 Å². The Balaban J connectivity index is 1.39. The number of pyridine rings is 1. The molecule has 1 amide bonds. The molecule has 0 bridgehead atoms. The molecule has 2 aliphatic rings. The molecule has 1 aromatic carbocycles. The van der Waals surface area contributed by atoms with E-state index >= 15 is 0 Å². The van der Waals surface area contributed by atoms with Gasteiger partial charge in [-0.3, -0.25) is 14.8 Å². The summed E-state index contributed by atoms with van der Waals surface area (Å²) in [6.45, 7) is 1.70. The number of rotatable bonds is 5. The molecule has 0 aliphatic carbocycles. The third-order valence-electron chi connectivity index (χ3n) is 6.50. The van der Waals surface area contributed by atoms with E-state index in [0.29, 0.717) is 37.3 Å². The minimum Gasteiger partial charge on any atom is -0.433 e. The number of benzene rings is 1. The molecule has 0 saturated carbocycles. The second-order valence-corrected chi connectivity index (χ2v) is 8.59. The van der Waals surface area contributed by atoms with Crippen molar-refractivity contribution in [2.75, 3.05) is 24.6 Å². The fourth-order valence-electron chi connectivity index (χ4n) is 4.88. The number of piperidine rings is 1. The molecule has 0 radical (unpaired) electrons. The quantitative estimate of drug-likeness (QED) is 0.562. The van der Waals surface area contributed by atoms with Crippen molar-refractivity contribution in [3.63, 3.8) is 0 Å². The van der Waals surface area contributed by atoms with Crippen LogP contribution in [0.1, 0.15) is 37.2 Å². The van der Waals surface area contributed by atoms with Crippen LogP contribution in [0.3, 0.4) is 0 Å². The molecule has 178 valence electrons. The molecule has 1 unspecified atom stereocenters. The molecule has 2 aliphatic heterocycles. The minimum atomic E-state index is -2.98. The van der Waals surface area contributed by atoms with Gasteiger partial charge < -0.3 is 19.3 Å². The van der Waals surface area contributed by atoms with Crippen LogP contribution in [0.25, 0.3) is 11.0 Å². The molecule has 0 N–H and O–H groups in total. The molecule has 34 heavy (non-hydrogen) atoms. The molecule has 1 atom stereocenters. The third kappa shape index (κ3) is 4.02. The van der Waals surface area contributed by atoms with Gasteiger partial charge in [0.1, 0.15) is 29.6 Å². The Bertz CT molecular complexity index is 1220. The molecule has 4 heterocycles. The van der Waals surface area contributed by atoms with Gasteiger partial charge in [0, 0.05) is 31.6 Å². The molecular weight excluding hydrogens is 444 g/mol. The van der Waals surface area contributed by atoms with Gasteiger partial charge in [0.05, 0.1) is 23.3 Å². The van der Waals surface area contributed by atoms with E-state index in [1.807, 2.05) is 24.3 Å². The average Bonchev–Trinajstić information content (AvgIpc) is 3.15. The maximum Gasteiger partial charge on any atom is 0.387 e. The second-order valence-electron chi connectivity index (χ2n) is 8.59. The van der Waals surface area contributed by atoms with Gasteiger partial charge >= 0.3 is 6.61 Å². The monoisotopic (exact) mass is 469 g/mol. The Hall–Kier alpha value is -3.40. The molecular formula is C24H25F2N5O3. The topological polar surface area (TPSA) is 80.7 Å². The highest BCUT2D eigenvalue weighted by Crippen LogP contribution is 2.42. The highest BCUT2D eigenvalue weighted by atomic mass is 19.3. The van der Waals surface area contributed by atoms with Gasteiger partial charge in [-0.25, -0.2) is 4.98 Å². The summed E-state index contributed by atoms with van der Waals surface area (Å²) in [5, 5.41) is 0. The summed E-state index contributed by atoms with van der Waals surface area (Å²) in [4.78, 5) is 30.4. The Morgan fingerprint density at radius 1 is 1.09 bits per heavy atom. The lowest BCUT2D eigenvalue weighted by Crippen LogP contribution is -2.55. The van der Waals surface area contributed by atoms with Gasteiger partial charge in [-0.15, -0.1) is 0 Å². The number of para-hydroxylation sites is 2. The number of hydrogen-bond donors (Lipinski definition) is 0. The number of amides is 1. The van der Waals surface area contributed by atoms with Crippen LogP contribution in [0.4, 0.5) is 14.6 Å². The molecule has 2 saturated heterocycles. The van der Waals surface area contributed by atoms with E-state index in [4.69, 9.17) is 14.5 Å². The summed E-state index contributed by atoms with van der Waals surface area (Å²) in [6, 6.07) is 10.2. The van der Waals surface area contributed by atoms with E-state index in [0.717, 1.165) is 16.9 Å². The van der Waals surface area contributed by atoms with Gasteiger partial charge in [-0.2, -0.15) is 8.78 Å². The zero-order valence-corrected chi connectivity index (χ0v) is 18.9. The summed E-state index contributed by atoms with van der Waals surface area (Å²) in [5.41, 5.74) is 1.75. The lowest BCUT2D eigenvalue weighted by molar-refractivity contribution is -0.143. The first kappa shape index (κ1) is 22.4. The number of halogens is 2. The van der Waals surface area contributed by atoms with Crippen LogP contribution in [-0.2, 0) is 9.53 Å². The third-order valence-corrected chi connectivity index (χ3v) is 6.50. The first-order valence-electron chi connectivity index (χ1n) is 11.2. The first-order chi connectivity index (χ1) is 16.4.